The Hall–Kier alpha value is -2.94. The Morgan fingerprint density at radius 1 is 1.06 bits per heavy atom. The van der Waals surface area contributed by atoms with Gasteiger partial charge in [0.25, 0.3) is 5.91 Å². The van der Waals surface area contributed by atoms with Crippen LogP contribution >= 0.6 is 0 Å². The Kier molecular flexibility index (Phi) is 7.38. The minimum Gasteiger partial charge on any atom is -0.492 e. The largest absolute Gasteiger partial charge is 0.492 e. The number of nitrogens with zero attached hydrogens (tertiary/aromatic N) is 4. The van der Waals surface area contributed by atoms with E-state index in [1.54, 1.807) is 0 Å². The number of hydrogen-bond donors (Lipinski definition) is 0. The predicted molar refractivity (Wildman–Crippen MR) is 128 cm³/mol. The van der Waals surface area contributed by atoms with E-state index in [1.807, 2.05) is 53.8 Å². The zero-order chi connectivity index (χ0) is 23.2. The average molecular weight is 465 g/mol. The number of fused-ring (bicyclic) bond motifs is 1. The molecule has 180 valence electrons. The number of carbonyl (C=O) groups excluding carboxylic acids is 1. The van der Waals surface area contributed by atoms with Gasteiger partial charge in [0, 0.05) is 62.8 Å². The number of hydrogen-bond acceptors (Lipinski definition) is 6. The molecule has 8 heteroatoms. The van der Waals surface area contributed by atoms with Gasteiger partial charge >= 0.3 is 0 Å². The van der Waals surface area contributed by atoms with Crippen molar-refractivity contribution >= 4 is 11.4 Å². The standard InChI is InChI=1S/C26H32N4O4/c31-26(22-3-1-4-23(18-22)34-16-11-28-9-13-32-14-10-28)30-12-15-33-20-21(19-30)17-24-25-5-2-7-29(25)8-6-27-24/h1-8,18,21H,9-17,19-20H2/t21-/m0/s1. The summed E-state index contributed by atoms with van der Waals surface area (Å²) in [5.74, 6) is 0.932. The molecule has 0 saturated carbocycles. The van der Waals surface area contributed by atoms with Crippen LogP contribution in [0.2, 0.25) is 0 Å². The number of rotatable bonds is 7. The maximum Gasteiger partial charge on any atom is 0.254 e. The Bertz CT molecular complexity index is 1100. The first-order valence-corrected chi connectivity index (χ1v) is 12.1. The van der Waals surface area contributed by atoms with Gasteiger partial charge in [-0.3, -0.25) is 14.7 Å². The number of amides is 1. The lowest BCUT2D eigenvalue weighted by atomic mass is 10.0. The van der Waals surface area contributed by atoms with Gasteiger partial charge in [0.15, 0.2) is 0 Å². The summed E-state index contributed by atoms with van der Waals surface area (Å²) in [6.07, 6.45) is 6.57. The highest BCUT2D eigenvalue weighted by atomic mass is 16.5. The van der Waals surface area contributed by atoms with Crippen LogP contribution in [0.3, 0.4) is 0 Å². The zero-order valence-electron chi connectivity index (χ0n) is 19.5. The lowest BCUT2D eigenvalue weighted by Crippen LogP contribution is -2.38. The van der Waals surface area contributed by atoms with Crippen LogP contribution < -0.4 is 4.74 Å². The van der Waals surface area contributed by atoms with E-state index in [9.17, 15) is 4.79 Å². The van der Waals surface area contributed by atoms with E-state index in [-0.39, 0.29) is 11.8 Å². The molecule has 2 saturated heterocycles. The summed E-state index contributed by atoms with van der Waals surface area (Å²) in [6.45, 7) is 7.28. The minimum absolute atomic E-state index is 0.0167. The quantitative estimate of drug-likeness (QED) is 0.535. The first-order valence-electron chi connectivity index (χ1n) is 12.1. The van der Waals surface area contributed by atoms with Crippen molar-refractivity contribution in [3.05, 3.63) is 66.2 Å². The molecule has 4 heterocycles. The summed E-state index contributed by atoms with van der Waals surface area (Å²) >= 11 is 0. The third kappa shape index (κ3) is 5.58. The zero-order valence-corrected chi connectivity index (χ0v) is 19.5. The summed E-state index contributed by atoms with van der Waals surface area (Å²) in [7, 11) is 0. The molecule has 5 rings (SSSR count). The van der Waals surface area contributed by atoms with Crippen LogP contribution in [0.4, 0.5) is 0 Å². The maximum atomic E-state index is 13.4. The van der Waals surface area contributed by atoms with Crippen LogP contribution in [-0.2, 0) is 15.9 Å². The van der Waals surface area contributed by atoms with Gasteiger partial charge < -0.3 is 23.5 Å². The molecule has 1 amide bonds. The fourth-order valence-corrected chi connectivity index (χ4v) is 4.67. The molecule has 0 spiro atoms. The fraction of sp³-hybridized carbons (Fsp3) is 0.462. The third-order valence-corrected chi connectivity index (χ3v) is 6.50. The lowest BCUT2D eigenvalue weighted by Gasteiger charge is -2.26. The topological polar surface area (TPSA) is 68.5 Å². The Morgan fingerprint density at radius 3 is 2.85 bits per heavy atom. The molecule has 1 atom stereocenters. The Labute approximate surface area is 200 Å². The second kappa shape index (κ2) is 11.0. The van der Waals surface area contributed by atoms with Crippen molar-refractivity contribution in [2.75, 3.05) is 65.8 Å². The van der Waals surface area contributed by atoms with Crippen molar-refractivity contribution in [2.24, 2.45) is 5.92 Å². The first-order chi connectivity index (χ1) is 16.8. The van der Waals surface area contributed by atoms with E-state index in [2.05, 4.69) is 20.4 Å². The average Bonchev–Trinajstić information content (AvgIpc) is 3.24. The number of carbonyl (C=O) groups is 1. The molecule has 0 radical (unpaired) electrons. The predicted octanol–water partition coefficient (Wildman–Crippen LogP) is 2.38. The summed E-state index contributed by atoms with van der Waals surface area (Å²) < 4.78 is 19.3. The van der Waals surface area contributed by atoms with Gasteiger partial charge in [-0.15, -0.1) is 0 Å². The molecule has 8 nitrogen and oxygen atoms in total. The Morgan fingerprint density at radius 2 is 1.94 bits per heavy atom. The van der Waals surface area contributed by atoms with Gasteiger partial charge in [-0.2, -0.15) is 0 Å². The smallest absolute Gasteiger partial charge is 0.254 e. The highest BCUT2D eigenvalue weighted by Crippen LogP contribution is 2.20. The molecular weight excluding hydrogens is 432 g/mol. The number of aromatic nitrogens is 2. The van der Waals surface area contributed by atoms with Gasteiger partial charge in [-0.1, -0.05) is 6.07 Å². The molecule has 0 aliphatic carbocycles. The molecule has 0 N–H and O–H groups in total. The first kappa shape index (κ1) is 22.8. The van der Waals surface area contributed by atoms with Gasteiger partial charge in [0.05, 0.1) is 37.6 Å². The third-order valence-electron chi connectivity index (χ3n) is 6.50. The van der Waals surface area contributed by atoms with E-state index in [1.165, 1.54) is 0 Å². The van der Waals surface area contributed by atoms with Gasteiger partial charge in [-0.25, -0.2) is 0 Å². The van der Waals surface area contributed by atoms with Gasteiger partial charge in [0.2, 0.25) is 0 Å². The number of benzene rings is 1. The van der Waals surface area contributed by atoms with E-state index < -0.39 is 0 Å². The van der Waals surface area contributed by atoms with Gasteiger partial charge in [0.1, 0.15) is 12.4 Å². The van der Waals surface area contributed by atoms with Gasteiger partial charge in [-0.05, 0) is 36.8 Å². The minimum atomic E-state index is 0.0167. The lowest BCUT2D eigenvalue weighted by molar-refractivity contribution is 0.0322. The van der Waals surface area contributed by atoms with Crippen molar-refractivity contribution in [3.8, 4) is 5.75 Å². The molecule has 2 aliphatic heterocycles. The van der Waals surface area contributed by atoms with E-state index in [0.29, 0.717) is 38.5 Å². The van der Waals surface area contributed by atoms with Crippen LogP contribution in [0.25, 0.3) is 5.52 Å². The molecule has 3 aromatic rings. The van der Waals surface area contributed by atoms with Crippen LogP contribution in [0, 0.1) is 5.92 Å². The number of ether oxygens (including phenoxy) is 3. The second-order valence-electron chi connectivity index (χ2n) is 8.90. The van der Waals surface area contributed by atoms with Crippen LogP contribution in [-0.4, -0.2) is 90.8 Å². The SMILES string of the molecule is O=C(c1cccc(OCCN2CCOCC2)c1)N1CCOC[C@@H](Cc2nccn3cccc23)C1. The van der Waals surface area contributed by atoms with Crippen molar-refractivity contribution in [3.63, 3.8) is 0 Å². The van der Waals surface area contributed by atoms with Crippen molar-refractivity contribution < 1.29 is 19.0 Å². The van der Waals surface area contributed by atoms with Crippen molar-refractivity contribution in [1.82, 2.24) is 19.2 Å². The van der Waals surface area contributed by atoms with Crippen molar-refractivity contribution in [1.29, 1.82) is 0 Å². The fourth-order valence-electron chi connectivity index (χ4n) is 4.67. The molecule has 2 aromatic heterocycles. The summed E-state index contributed by atoms with van der Waals surface area (Å²) in [5, 5.41) is 0. The van der Waals surface area contributed by atoms with Crippen LogP contribution in [0.1, 0.15) is 16.1 Å². The summed E-state index contributed by atoms with van der Waals surface area (Å²) in [5.41, 5.74) is 2.79. The summed E-state index contributed by atoms with van der Waals surface area (Å²) in [4.78, 5) is 22.2. The number of morpholine rings is 1. The molecule has 34 heavy (non-hydrogen) atoms. The van der Waals surface area contributed by atoms with Crippen molar-refractivity contribution in [2.45, 2.75) is 6.42 Å². The van der Waals surface area contributed by atoms with E-state index in [0.717, 1.165) is 56.2 Å². The highest BCUT2D eigenvalue weighted by Gasteiger charge is 2.25. The second-order valence-corrected chi connectivity index (χ2v) is 8.90. The van der Waals surface area contributed by atoms with E-state index in [4.69, 9.17) is 14.2 Å². The Balaban J connectivity index is 1.21. The highest BCUT2D eigenvalue weighted by molar-refractivity contribution is 5.94. The maximum absolute atomic E-state index is 13.4. The molecule has 0 unspecified atom stereocenters. The molecule has 2 fully saturated rings. The molecule has 2 aliphatic rings. The van der Waals surface area contributed by atoms with Crippen LogP contribution in [0.5, 0.6) is 5.75 Å². The normalized spacial score (nSPS) is 19.8. The molecule has 1 aromatic carbocycles. The van der Waals surface area contributed by atoms with E-state index >= 15 is 0 Å². The monoisotopic (exact) mass is 464 g/mol. The molecule has 0 bridgehead atoms. The molecular formula is C26H32N4O4. The van der Waals surface area contributed by atoms with Crippen LogP contribution in [0.15, 0.2) is 55.0 Å². The summed E-state index contributed by atoms with van der Waals surface area (Å²) in [6, 6.07) is 11.6.